The van der Waals surface area contributed by atoms with E-state index in [9.17, 15) is 4.79 Å². The molecule has 0 aromatic carbocycles. The van der Waals surface area contributed by atoms with E-state index >= 15 is 0 Å². The SMILES string of the molecule is CCCNc1ncc(Br)c(NCCC(=O)N2CCCC2)n1. The molecule has 1 saturated heterocycles. The third-order valence-corrected chi connectivity index (χ3v) is 3.95. The van der Waals surface area contributed by atoms with Crippen LogP contribution in [0.4, 0.5) is 11.8 Å². The summed E-state index contributed by atoms with van der Waals surface area (Å²) in [6.07, 6.45) is 5.49. The number of nitrogens with zero attached hydrogens (tertiary/aromatic N) is 3. The molecule has 1 aromatic heterocycles. The predicted octanol–water partition coefficient (Wildman–Crippen LogP) is 2.49. The predicted molar refractivity (Wildman–Crippen MR) is 87.4 cm³/mol. The Hall–Kier alpha value is -1.37. The van der Waals surface area contributed by atoms with E-state index in [4.69, 9.17) is 0 Å². The smallest absolute Gasteiger partial charge is 0.224 e. The lowest BCUT2D eigenvalue weighted by molar-refractivity contribution is -0.129. The van der Waals surface area contributed by atoms with Crippen LogP contribution < -0.4 is 10.6 Å². The molecule has 1 amide bonds. The van der Waals surface area contributed by atoms with E-state index < -0.39 is 0 Å². The molecule has 1 fully saturated rings. The van der Waals surface area contributed by atoms with Crippen molar-refractivity contribution >= 4 is 33.6 Å². The Kier molecular flexibility index (Phi) is 6.22. The molecule has 2 heterocycles. The van der Waals surface area contributed by atoms with Crippen LogP contribution in [0.1, 0.15) is 32.6 Å². The van der Waals surface area contributed by atoms with Crippen molar-refractivity contribution in [3.63, 3.8) is 0 Å². The maximum Gasteiger partial charge on any atom is 0.224 e. The summed E-state index contributed by atoms with van der Waals surface area (Å²) in [5.41, 5.74) is 0. The van der Waals surface area contributed by atoms with Crippen LogP contribution in [0.5, 0.6) is 0 Å². The lowest BCUT2D eigenvalue weighted by atomic mass is 10.3. The van der Waals surface area contributed by atoms with Crippen molar-refractivity contribution in [3.8, 4) is 0 Å². The largest absolute Gasteiger partial charge is 0.368 e. The number of rotatable bonds is 7. The van der Waals surface area contributed by atoms with E-state index in [2.05, 4.69) is 43.5 Å². The van der Waals surface area contributed by atoms with Crippen molar-refractivity contribution in [1.82, 2.24) is 14.9 Å². The molecule has 2 rings (SSSR count). The first kappa shape index (κ1) is 16.0. The second kappa shape index (κ2) is 8.17. The van der Waals surface area contributed by atoms with Crippen LogP contribution in [0.3, 0.4) is 0 Å². The van der Waals surface area contributed by atoms with Crippen LogP contribution >= 0.6 is 15.9 Å². The number of nitrogens with one attached hydrogen (secondary N) is 2. The number of likely N-dealkylation sites (tertiary alicyclic amines) is 1. The maximum atomic E-state index is 12.0. The summed E-state index contributed by atoms with van der Waals surface area (Å²) >= 11 is 3.42. The van der Waals surface area contributed by atoms with Crippen LogP contribution in [0.15, 0.2) is 10.7 Å². The van der Waals surface area contributed by atoms with E-state index in [0.717, 1.165) is 49.2 Å². The van der Waals surface area contributed by atoms with Gasteiger partial charge in [0.1, 0.15) is 5.82 Å². The minimum atomic E-state index is 0.217. The molecule has 0 radical (unpaired) electrons. The number of halogens is 1. The zero-order valence-corrected chi connectivity index (χ0v) is 13.9. The van der Waals surface area contributed by atoms with Gasteiger partial charge in [0, 0.05) is 38.8 Å². The number of aromatic nitrogens is 2. The number of hydrogen-bond donors (Lipinski definition) is 2. The highest BCUT2D eigenvalue weighted by atomic mass is 79.9. The Bertz CT molecular complexity index is 476. The first-order chi connectivity index (χ1) is 10.2. The van der Waals surface area contributed by atoms with Crippen molar-refractivity contribution in [2.24, 2.45) is 0 Å². The Morgan fingerprint density at radius 3 is 2.81 bits per heavy atom. The van der Waals surface area contributed by atoms with Crippen LogP contribution in [0.25, 0.3) is 0 Å². The van der Waals surface area contributed by atoms with Crippen molar-refractivity contribution in [3.05, 3.63) is 10.7 Å². The summed E-state index contributed by atoms with van der Waals surface area (Å²) in [6, 6.07) is 0. The molecular weight excluding hydrogens is 334 g/mol. The second-order valence-electron chi connectivity index (χ2n) is 5.08. The molecule has 21 heavy (non-hydrogen) atoms. The minimum Gasteiger partial charge on any atom is -0.368 e. The lowest BCUT2D eigenvalue weighted by Gasteiger charge is -2.15. The monoisotopic (exact) mass is 355 g/mol. The Balaban J connectivity index is 1.82. The molecule has 7 heteroatoms. The first-order valence-corrected chi connectivity index (χ1v) is 8.28. The fourth-order valence-electron chi connectivity index (χ4n) is 2.23. The average Bonchev–Trinajstić information content (AvgIpc) is 3.02. The van der Waals surface area contributed by atoms with E-state index in [1.54, 1.807) is 6.20 Å². The van der Waals surface area contributed by atoms with Gasteiger partial charge >= 0.3 is 0 Å². The summed E-state index contributed by atoms with van der Waals surface area (Å²) in [5.74, 6) is 1.54. The normalized spacial score (nSPS) is 14.3. The fraction of sp³-hybridized carbons (Fsp3) is 0.643. The summed E-state index contributed by atoms with van der Waals surface area (Å²) < 4.78 is 0.804. The molecule has 0 bridgehead atoms. The van der Waals surface area contributed by atoms with Crippen molar-refractivity contribution in [2.75, 3.05) is 36.8 Å². The van der Waals surface area contributed by atoms with Gasteiger partial charge in [-0.2, -0.15) is 4.98 Å². The highest BCUT2D eigenvalue weighted by Gasteiger charge is 2.17. The third kappa shape index (κ3) is 4.84. The van der Waals surface area contributed by atoms with Crippen LogP contribution in [0, 0.1) is 0 Å². The van der Waals surface area contributed by atoms with Gasteiger partial charge in [0.05, 0.1) is 4.47 Å². The molecule has 0 saturated carbocycles. The number of carbonyl (C=O) groups is 1. The highest BCUT2D eigenvalue weighted by molar-refractivity contribution is 9.10. The van der Waals surface area contributed by atoms with E-state index in [1.807, 2.05) is 4.90 Å². The molecule has 0 spiro atoms. The van der Waals surface area contributed by atoms with Crippen LogP contribution in [0.2, 0.25) is 0 Å². The molecule has 1 aromatic rings. The Morgan fingerprint density at radius 2 is 2.10 bits per heavy atom. The molecule has 116 valence electrons. The summed E-state index contributed by atoms with van der Waals surface area (Å²) in [6.45, 7) is 5.32. The average molecular weight is 356 g/mol. The Morgan fingerprint density at radius 1 is 1.33 bits per heavy atom. The first-order valence-electron chi connectivity index (χ1n) is 7.48. The summed E-state index contributed by atoms with van der Waals surface area (Å²) in [5, 5.41) is 6.35. The summed E-state index contributed by atoms with van der Waals surface area (Å²) in [7, 11) is 0. The lowest BCUT2D eigenvalue weighted by Crippen LogP contribution is -2.29. The van der Waals surface area contributed by atoms with Gasteiger partial charge in [0.15, 0.2) is 0 Å². The molecule has 0 unspecified atom stereocenters. The topological polar surface area (TPSA) is 70.2 Å². The third-order valence-electron chi connectivity index (χ3n) is 3.37. The number of anilines is 2. The van der Waals surface area contributed by atoms with Gasteiger partial charge in [0.2, 0.25) is 11.9 Å². The van der Waals surface area contributed by atoms with Gasteiger partial charge in [-0.05, 0) is 35.2 Å². The van der Waals surface area contributed by atoms with Crippen molar-refractivity contribution < 1.29 is 4.79 Å². The maximum absolute atomic E-state index is 12.0. The van der Waals surface area contributed by atoms with Gasteiger partial charge in [-0.3, -0.25) is 4.79 Å². The molecule has 0 atom stereocenters. The molecule has 1 aliphatic rings. The van der Waals surface area contributed by atoms with Gasteiger partial charge in [-0.15, -0.1) is 0 Å². The minimum absolute atomic E-state index is 0.217. The zero-order valence-electron chi connectivity index (χ0n) is 12.4. The quantitative estimate of drug-likeness (QED) is 0.786. The van der Waals surface area contributed by atoms with E-state index in [0.29, 0.717) is 18.9 Å². The van der Waals surface area contributed by atoms with Crippen LogP contribution in [-0.4, -0.2) is 47.0 Å². The molecular formula is C14H22BrN5O. The molecule has 0 aliphatic carbocycles. The fourth-order valence-corrected chi connectivity index (χ4v) is 2.56. The molecule has 6 nitrogen and oxygen atoms in total. The van der Waals surface area contributed by atoms with Gasteiger partial charge in [-0.1, -0.05) is 6.92 Å². The van der Waals surface area contributed by atoms with Gasteiger partial charge < -0.3 is 15.5 Å². The summed E-state index contributed by atoms with van der Waals surface area (Å²) in [4.78, 5) is 22.5. The Labute approximate surface area is 133 Å². The number of hydrogen-bond acceptors (Lipinski definition) is 5. The van der Waals surface area contributed by atoms with Crippen LogP contribution in [-0.2, 0) is 4.79 Å². The van der Waals surface area contributed by atoms with Crippen molar-refractivity contribution in [1.29, 1.82) is 0 Å². The van der Waals surface area contributed by atoms with E-state index in [-0.39, 0.29) is 5.91 Å². The van der Waals surface area contributed by atoms with Gasteiger partial charge in [-0.25, -0.2) is 4.98 Å². The zero-order chi connectivity index (χ0) is 15.1. The second-order valence-corrected chi connectivity index (χ2v) is 5.94. The highest BCUT2D eigenvalue weighted by Crippen LogP contribution is 2.20. The van der Waals surface area contributed by atoms with Gasteiger partial charge in [0.25, 0.3) is 0 Å². The molecule has 2 N–H and O–H groups in total. The van der Waals surface area contributed by atoms with Crippen molar-refractivity contribution in [2.45, 2.75) is 32.6 Å². The molecule has 1 aliphatic heterocycles. The number of carbonyl (C=O) groups excluding carboxylic acids is 1. The number of amides is 1. The standard InChI is InChI=1S/C14H22BrN5O/c1-2-6-17-14-18-10-11(15)13(19-14)16-7-5-12(21)20-8-3-4-9-20/h10H,2-9H2,1H3,(H2,16,17,18,19). The van der Waals surface area contributed by atoms with E-state index in [1.165, 1.54) is 0 Å².